The van der Waals surface area contributed by atoms with E-state index >= 15 is 0 Å². The van der Waals surface area contributed by atoms with Crippen LogP contribution < -0.4 is 4.74 Å². The number of benzene rings is 2. The molecule has 0 aliphatic heterocycles. The van der Waals surface area contributed by atoms with Crippen LogP contribution in [-0.4, -0.2) is 28.1 Å². The van der Waals surface area contributed by atoms with Gasteiger partial charge in [0.15, 0.2) is 5.69 Å². The molecule has 0 bridgehead atoms. The van der Waals surface area contributed by atoms with Crippen molar-refractivity contribution in [2.75, 3.05) is 7.11 Å². The maximum Gasteiger partial charge on any atom is 0.361 e. The minimum atomic E-state index is -0.504. The molecule has 0 atom stereocenters. The van der Waals surface area contributed by atoms with Crippen LogP contribution in [0.2, 0.25) is 5.02 Å². The van der Waals surface area contributed by atoms with E-state index < -0.39 is 5.97 Å². The number of nitrogens with zero attached hydrogens (tertiary/aromatic N) is 3. The van der Waals surface area contributed by atoms with Crippen molar-refractivity contribution in [3.05, 3.63) is 76.1 Å². The highest BCUT2D eigenvalue weighted by molar-refractivity contribution is 6.30. The molecule has 0 spiro atoms. The van der Waals surface area contributed by atoms with E-state index in [2.05, 4.69) is 10.3 Å². The predicted molar refractivity (Wildman–Crippen MR) is 97.4 cm³/mol. The van der Waals surface area contributed by atoms with Crippen LogP contribution in [0.4, 0.5) is 0 Å². The molecular formula is C19H18ClN3O3. The van der Waals surface area contributed by atoms with E-state index in [0.717, 1.165) is 11.1 Å². The van der Waals surface area contributed by atoms with Gasteiger partial charge < -0.3 is 9.47 Å². The van der Waals surface area contributed by atoms with Crippen molar-refractivity contribution in [2.45, 2.75) is 20.1 Å². The Hall–Kier alpha value is -2.86. The molecule has 0 amide bonds. The topological polar surface area (TPSA) is 66.2 Å². The Morgan fingerprint density at radius 1 is 1.19 bits per heavy atom. The number of methoxy groups -OCH3 is 1. The minimum absolute atomic E-state index is 0.189. The van der Waals surface area contributed by atoms with Gasteiger partial charge in [0.05, 0.1) is 19.3 Å². The van der Waals surface area contributed by atoms with Crippen LogP contribution in [0.25, 0.3) is 0 Å². The summed E-state index contributed by atoms with van der Waals surface area (Å²) in [7, 11) is 1.59. The number of esters is 1. The van der Waals surface area contributed by atoms with Crippen molar-refractivity contribution < 1.29 is 14.3 Å². The number of hydrogen-bond donors (Lipinski definition) is 0. The lowest BCUT2D eigenvalue weighted by Crippen LogP contribution is -2.09. The molecule has 0 saturated heterocycles. The molecule has 0 fully saturated rings. The second kappa shape index (κ2) is 8.01. The van der Waals surface area contributed by atoms with E-state index in [-0.39, 0.29) is 12.3 Å². The maximum absolute atomic E-state index is 12.3. The molecule has 3 aromatic rings. The lowest BCUT2D eigenvalue weighted by atomic mass is 10.2. The summed E-state index contributed by atoms with van der Waals surface area (Å²) in [5.74, 6) is 0.188. The van der Waals surface area contributed by atoms with Gasteiger partial charge in [-0.1, -0.05) is 47.1 Å². The second-order valence-electron chi connectivity index (χ2n) is 5.70. The van der Waals surface area contributed by atoms with Crippen LogP contribution in [0, 0.1) is 6.92 Å². The average molecular weight is 372 g/mol. The third-order valence-corrected chi connectivity index (χ3v) is 4.19. The standard InChI is InChI=1S/C19H18ClN3O3/c1-13-18(19(24)26-12-14-6-4-3-5-7-14)21-22-23(13)11-15-10-16(20)8-9-17(15)25-2/h3-10H,11-12H2,1-2H3. The van der Waals surface area contributed by atoms with E-state index in [0.29, 0.717) is 23.0 Å². The summed E-state index contributed by atoms with van der Waals surface area (Å²) in [6.07, 6.45) is 0. The molecule has 7 heteroatoms. The summed E-state index contributed by atoms with van der Waals surface area (Å²) in [4.78, 5) is 12.3. The monoisotopic (exact) mass is 371 g/mol. The van der Waals surface area contributed by atoms with Crippen LogP contribution in [0.15, 0.2) is 48.5 Å². The van der Waals surface area contributed by atoms with Gasteiger partial charge in [0.25, 0.3) is 0 Å². The van der Waals surface area contributed by atoms with Gasteiger partial charge in [0.2, 0.25) is 0 Å². The Balaban J connectivity index is 1.73. The van der Waals surface area contributed by atoms with Crippen LogP contribution in [-0.2, 0) is 17.9 Å². The van der Waals surface area contributed by atoms with Crippen molar-refractivity contribution in [1.29, 1.82) is 0 Å². The van der Waals surface area contributed by atoms with Crippen LogP contribution in [0.3, 0.4) is 0 Å². The molecule has 1 heterocycles. The van der Waals surface area contributed by atoms with Crippen molar-refractivity contribution >= 4 is 17.6 Å². The number of aromatic nitrogens is 3. The van der Waals surface area contributed by atoms with E-state index in [1.54, 1.807) is 36.9 Å². The highest BCUT2D eigenvalue weighted by atomic mass is 35.5. The Labute approximate surface area is 156 Å². The van der Waals surface area contributed by atoms with Crippen molar-refractivity contribution in [1.82, 2.24) is 15.0 Å². The summed E-state index contributed by atoms with van der Waals surface area (Å²) in [6, 6.07) is 14.8. The first-order chi connectivity index (χ1) is 12.6. The molecule has 134 valence electrons. The summed E-state index contributed by atoms with van der Waals surface area (Å²) in [5, 5.41) is 8.62. The zero-order chi connectivity index (χ0) is 18.5. The van der Waals surface area contributed by atoms with Gasteiger partial charge >= 0.3 is 5.97 Å². The number of halogens is 1. The number of carbonyl (C=O) groups is 1. The average Bonchev–Trinajstić information content (AvgIpc) is 3.01. The molecule has 0 N–H and O–H groups in total. The molecule has 0 saturated carbocycles. The molecule has 26 heavy (non-hydrogen) atoms. The minimum Gasteiger partial charge on any atom is -0.496 e. The summed E-state index contributed by atoms with van der Waals surface area (Å²) < 4.78 is 12.3. The smallest absolute Gasteiger partial charge is 0.361 e. The Morgan fingerprint density at radius 2 is 1.96 bits per heavy atom. The predicted octanol–water partition coefficient (Wildman–Crippen LogP) is 3.65. The summed E-state index contributed by atoms with van der Waals surface area (Å²) >= 11 is 6.06. The van der Waals surface area contributed by atoms with Crippen molar-refractivity contribution in [3.8, 4) is 5.75 Å². The Bertz CT molecular complexity index is 910. The molecule has 3 rings (SSSR count). The number of ether oxygens (including phenoxy) is 2. The first-order valence-corrected chi connectivity index (χ1v) is 8.40. The van der Waals surface area contributed by atoms with Crippen LogP contribution in [0.5, 0.6) is 5.75 Å². The number of carbonyl (C=O) groups excluding carboxylic acids is 1. The third kappa shape index (κ3) is 4.03. The highest BCUT2D eigenvalue weighted by Gasteiger charge is 2.19. The molecule has 6 nitrogen and oxygen atoms in total. The summed E-state index contributed by atoms with van der Waals surface area (Å²) in [5.41, 5.74) is 2.57. The number of hydrogen-bond acceptors (Lipinski definition) is 5. The van der Waals surface area contributed by atoms with E-state index in [1.807, 2.05) is 30.3 Å². The molecule has 1 aromatic heterocycles. The van der Waals surface area contributed by atoms with Crippen LogP contribution in [0.1, 0.15) is 27.3 Å². The van der Waals surface area contributed by atoms with Crippen molar-refractivity contribution in [2.24, 2.45) is 0 Å². The first kappa shape index (κ1) is 17.9. The SMILES string of the molecule is COc1ccc(Cl)cc1Cn1nnc(C(=O)OCc2ccccc2)c1C. The zero-order valence-corrected chi connectivity index (χ0v) is 15.2. The van der Waals surface area contributed by atoms with E-state index in [1.165, 1.54) is 0 Å². The lowest BCUT2D eigenvalue weighted by molar-refractivity contribution is 0.0464. The Morgan fingerprint density at radius 3 is 2.69 bits per heavy atom. The third-order valence-electron chi connectivity index (χ3n) is 3.95. The largest absolute Gasteiger partial charge is 0.496 e. The van der Waals surface area contributed by atoms with Gasteiger partial charge in [0.1, 0.15) is 12.4 Å². The summed E-state index contributed by atoms with van der Waals surface area (Å²) in [6.45, 7) is 2.35. The number of rotatable bonds is 6. The van der Waals surface area contributed by atoms with Crippen molar-refractivity contribution in [3.63, 3.8) is 0 Å². The lowest BCUT2D eigenvalue weighted by Gasteiger charge is -2.10. The van der Waals surface area contributed by atoms with Crippen LogP contribution >= 0.6 is 11.6 Å². The van der Waals surface area contributed by atoms with Gasteiger partial charge in [-0.2, -0.15) is 0 Å². The van der Waals surface area contributed by atoms with Gasteiger partial charge in [0, 0.05) is 10.6 Å². The first-order valence-electron chi connectivity index (χ1n) is 8.02. The van der Waals surface area contributed by atoms with E-state index in [4.69, 9.17) is 21.1 Å². The van der Waals surface area contributed by atoms with Gasteiger partial charge in [-0.05, 0) is 30.7 Å². The van der Waals surface area contributed by atoms with Gasteiger partial charge in [-0.3, -0.25) is 0 Å². The normalized spacial score (nSPS) is 10.6. The fourth-order valence-corrected chi connectivity index (χ4v) is 2.72. The molecule has 0 aliphatic carbocycles. The molecule has 0 unspecified atom stereocenters. The molecule has 0 aliphatic rings. The molecule has 0 radical (unpaired) electrons. The Kier molecular flexibility index (Phi) is 5.53. The second-order valence-corrected chi connectivity index (χ2v) is 6.14. The maximum atomic E-state index is 12.3. The van der Waals surface area contributed by atoms with Gasteiger partial charge in [-0.25, -0.2) is 9.48 Å². The highest BCUT2D eigenvalue weighted by Crippen LogP contribution is 2.24. The van der Waals surface area contributed by atoms with E-state index in [9.17, 15) is 4.79 Å². The quantitative estimate of drug-likeness (QED) is 0.619. The fraction of sp³-hybridized carbons (Fsp3) is 0.211. The molecular weight excluding hydrogens is 354 g/mol. The van der Waals surface area contributed by atoms with Gasteiger partial charge in [-0.15, -0.1) is 5.10 Å². The molecule has 2 aromatic carbocycles. The fourth-order valence-electron chi connectivity index (χ4n) is 2.52. The zero-order valence-electron chi connectivity index (χ0n) is 14.5.